The number of carboxylic acid groups (broad SMARTS) is 1. The molecule has 0 radical (unpaired) electrons. The van der Waals surface area contributed by atoms with Crippen molar-refractivity contribution in [3.8, 4) is 0 Å². The Labute approximate surface area is 358 Å². The molecule has 348 valence electrons. The number of thioether (sulfide) groups is 1. The molecule has 10 N–H and O–H groups in total. The standard InChI is InChI=1S/C32H50N7O19P3S/c1-18(2)6-5-7-19(12-22(41)42)13-23(43)62-11-10-34-21(40)8-9-35-30(46)27(45)32(3,4)15-55-61(52,53)58-60(50,51)54-14-20-26(57-59(47,48)49)25(44)31(56-20)39-17-38-24-28(33)36-16-37-29(24)39/h6,13,16-17,20,25-27,31,44-45H,5,7-12,14-15H2,1-4H3,(H,34,40)(H,35,46)(H,41,42)(H,50,51)(H,52,53)(H2,33,36,37)(H2,47,48,49)/p-1/b19-13+. The second-order valence-electron chi connectivity index (χ2n) is 14.4. The van der Waals surface area contributed by atoms with Crippen molar-refractivity contribution in [2.75, 3.05) is 37.8 Å². The van der Waals surface area contributed by atoms with E-state index in [0.29, 0.717) is 18.4 Å². The van der Waals surface area contributed by atoms with Crippen LogP contribution in [0.5, 0.6) is 0 Å². The van der Waals surface area contributed by atoms with E-state index in [1.165, 1.54) is 19.9 Å². The van der Waals surface area contributed by atoms with Gasteiger partial charge >= 0.3 is 23.5 Å². The number of phosphoric ester groups is 3. The predicted molar refractivity (Wildman–Crippen MR) is 213 cm³/mol. The molecule has 7 atom stereocenters. The maximum absolute atomic E-state index is 12.7. The van der Waals surface area contributed by atoms with Gasteiger partial charge in [-0.3, -0.25) is 32.5 Å². The molecule has 7 unspecified atom stereocenters. The number of allylic oxidation sites excluding steroid dienone is 2. The number of carbonyl (C=O) groups excluding carboxylic acids is 4. The highest BCUT2D eigenvalue weighted by atomic mass is 32.2. The summed E-state index contributed by atoms with van der Waals surface area (Å²) in [5.41, 5.74) is 5.65. The second kappa shape index (κ2) is 22.9. The van der Waals surface area contributed by atoms with Gasteiger partial charge in [0.2, 0.25) is 16.9 Å². The van der Waals surface area contributed by atoms with E-state index in [0.717, 1.165) is 34.6 Å². The molecule has 0 aromatic carbocycles. The third kappa shape index (κ3) is 17.2. The Morgan fingerprint density at radius 2 is 1.73 bits per heavy atom. The first-order valence-electron chi connectivity index (χ1n) is 18.3. The monoisotopic (exact) mass is 960 g/mol. The van der Waals surface area contributed by atoms with Crippen molar-refractivity contribution < 1.29 is 90.4 Å². The fourth-order valence-corrected chi connectivity index (χ4v) is 8.92. The Morgan fingerprint density at radius 3 is 2.37 bits per heavy atom. The van der Waals surface area contributed by atoms with Crippen LogP contribution < -0.4 is 21.5 Å². The molecule has 62 heavy (non-hydrogen) atoms. The number of nitrogens with two attached hydrogens (primary N) is 1. The lowest BCUT2D eigenvalue weighted by molar-refractivity contribution is -0.304. The summed E-state index contributed by atoms with van der Waals surface area (Å²) in [6, 6.07) is 0. The summed E-state index contributed by atoms with van der Waals surface area (Å²) in [7, 11) is -16.5. The van der Waals surface area contributed by atoms with Crippen LogP contribution in [0.15, 0.2) is 36.0 Å². The van der Waals surface area contributed by atoms with Crippen LogP contribution in [0.2, 0.25) is 0 Å². The number of phosphoric acid groups is 3. The number of amides is 2. The van der Waals surface area contributed by atoms with Gasteiger partial charge in [-0.2, -0.15) is 4.31 Å². The number of nitrogens with zero attached hydrogens (tertiary/aromatic N) is 4. The minimum atomic E-state index is -5.60. The number of nitrogens with one attached hydrogen (secondary N) is 2. The van der Waals surface area contributed by atoms with Crippen LogP contribution in [-0.4, -0.2) is 129 Å². The largest absolute Gasteiger partial charge is 0.550 e. The molecule has 2 aromatic rings. The van der Waals surface area contributed by atoms with Crippen LogP contribution >= 0.6 is 35.2 Å². The summed E-state index contributed by atoms with van der Waals surface area (Å²) in [5, 5.41) is 37.0. The lowest BCUT2D eigenvalue weighted by Crippen LogP contribution is -2.46. The van der Waals surface area contributed by atoms with Gasteiger partial charge in [0.15, 0.2) is 17.7 Å². The third-order valence-corrected chi connectivity index (χ3v) is 12.4. The van der Waals surface area contributed by atoms with Gasteiger partial charge in [0.1, 0.15) is 36.3 Å². The SMILES string of the molecule is CC(C)=CCC/C(=C\C(=O)SCCNC(=O)CCNC(=O)C(O)C(C)(C)COP(=O)(O)OP(=O)(O)OCC1OC(n2cnc3c(N)ncnc32)C(O)C1OP(=O)(O)O)CC(=O)[O-]. The van der Waals surface area contributed by atoms with E-state index >= 15 is 0 Å². The van der Waals surface area contributed by atoms with Gasteiger partial charge in [-0.1, -0.05) is 42.8 Å². The van der Waals surface area contributed by atoms with Crippen molar-refractivity contribution >= 4 is 75.1 Å². The minimum Gasteiger partial charge on any atom is -0.550 e. The normalized spacial score (nSPS) is 20.8. The number of aliphatic hydroxyl groups is 2. The minimum absolute atomic E-state index is 0.0179. The fourth-order valence-electron chi connectivity index (χ4n) is 5.43. The lowest BCUT2D eigenvalue weighted by atomic mass is 9.87. The van der Waals surface area contributed by atoms with Gasteiger partial charge in [-0.25, -0.2) is 28.6 Å². The highest BCUT2D eigenvalue weighted by Crippen LogP contribution is 2.61. The van der Waals surface area contributed by atoms with Gasteiger partial charge in [0.05, 0.1) is 19.5 Å². The summed E-state index contributed by atoms with van der Waals surface area (Å²) in [5.74, 6) is -2.75. The molecule has 26 nitrogen and oxygen atoms in total. The van der Waals surface area contributed by atoms with E-state index in [4.69, 9.17) is 19.5 Å². The second-order valence-corrected chi connectivity index (χ2v) is 19.7. The molecule has 2 aromatic heterocycles. The Morgan fingerprint density at radius 1 is 1.05 bits per heavy atom. The van der Waals surface area contributed by atoms with Gasteiger partial charge in [-0.05, 0) is 32.8 Å². The van der Waals surface area contributed by atoms with E-state index in [2.05, 4.69) is 34.4 Å². The van der Waals surface area contributed by atoms with Crippen LogP contribution in [0.4, 0.5) is 5.82 Å². The maximum atomic E-state index is 12.7. The number of carbonyl (C=O) groups is 4. The van der Waals surface area contributed by atoms with Crippen LogP contribution in [0.25, 0.3) is 11.2 Å². The number of carboxylic acids is 1. The molecular formula is C32H49N7O19P3S-. The van der Waals surface area contributed by atoms with Crippen LogP contribution in [0, 0.1) is 5.41 Å². The fraction of sp³-hybridized carbons (Fsp3) is 0.594. The van der Waals surface area contributed by atoms with E-state index in [-0.39, 0.29) is 48.7 Å². The molecule has 1 aliphatic rings. The summed E-state index contributed by atoms with van der Waals surface area (Å²) in [4.78, 5) is 99.2. The Kier molecular flexibility index (Phi) is 19.5. The van der Waals surface area contributed by atoms with Gasteiger partial charge in [0, 0.05) is 43.1 Å². The molecule has 0 spiro atoms. The molecule has 0 aliphatic carbocycles. The lowest BCUT2D eigenvalue weighted by Gasteiger charge is -2.30. The maximum Gasteiger partial charge on any atom is 0.481 e. The zero-order chi connectivity index (χ0) is 46.6. The number of aliphatic hydroxyl groups excluding tert-OH is 2. The highest BCUT2D eigenvalue weighted by Gasteiger charge is 2.50. The summed E-state index contributed by atoms with van der Waals surface area (Å²) in [6.45, 7) is 3.96. The van der Waals surface area contributed by atoms with Gasteiger partial charge < -0.3 is 60.8 Å². The number of aromatic nitrogens is 4. The smallest absolute Gasteiger partial charge is 0.481 e. The average molecular weight is 961 g/mol. The molecule has 1 saturated heterocycles. The van der Waals surface area contributed by atoms with Crippen LogP contribution in [0.1, 0.15) is 59.6 Å². The van der Waals surface area contributed by atoms with Crippen molar-refractivity contribution in [3.63, 3.8) is 0 Å². The molecule has 1 fully saturated rings. The average Bonchev–Trinajstić information content (AvgIpc) is 3.71. The van der Waals surface area contributed by atoms with Crippen LogP contribution in [0.3, 0.4) is 0 Å². The van der Waals surface area contributed by atoms with Crippen molar-refractivity contribution in [1.29, 1.82) is 0 Å². The summed E-state index contributed by atoms with van der Waals surface area (Å²) < 4.78 is 62.2. The van der Waals surface area contributed by atoms with E-state index < -0.39 is 95.6 Å². The third-order valence-electron chi connectivity index (χ3n) is 8.46. The van der Waals surface area contributed by atoms with Crippen molar-refractivity contribution in [2.24, 2.45) is 5.41 Å². The topological polar surface area (TPSA) is 404 Å². The molecule has 1 aliphatic heterocycles. The number of ether oxygens (including phenoxy) is 1. The summed E-state index contributed by atoms with van der Waals surface area (Å²) >= 11 is 0.860. The molecule has 3 rings (SSSR count). The molecule has 0 saturated carbocycles. The van der Waals surface area contributed by atoms with E-state index in [1.54, 1.807) is 0 Å². The van der Waals surface area contributed by atoms with Crippen LogP contribution in [-0.2, 0) is 55.5 Å². The molecule has 30 heteroatoms. The zero-order valence-electron chi connectivity index (χ0n) is 33.7. The number of hydrogen-bond donors (Lipinski definition) is 9. The highest BCUT2D eigenvalue weighted by molar-refractivity contribution is 8.14. The number of fused-ring (bicyclic) bond motifs is 1. The van der Waals surface area contributed by atoms with Crippen molar-refractivity contribution in [3.05, 3.63) is 36.0 Å². The Hall–Kier alpha value is -3.49. The zero-order valence-corrected chi connectivity index (χ0v) is 37.2. The van der Waals surface area contributed by atoms with E-state index in [9.17, 15) is 67.8 Å². The van der Waals surface area contributed by atoms with Gasteiger partial charge in [0.25, 0.3) is 0 Å². The number of hydrogen-bond acceptors (Lipinski definition) is 20. The quantitative estimate of drug-likeness (QED) is 0.0261. The molecular weight excluding hydrogens is 911 g/mol. The number of nitrogen functional groups attached to an aromatic ring is 1. The predicted octanol–water partition coefficient (Wildman–Crippen LogP) is -0.522. The Bertz CT molecular complexity index is 2130. The van der Waals surface area contributed by atoms with Crippen molar-refractivity contribution in [2.45, 2.75) is 84.0 Å². The first-order chi connectivity index (χ1) is 28.7. The number of aliphatic carboxylic acids is 1. The molecule has 0 bridgehead atoms. The Balaban J connectivity index is 1.45. The number of anilines is 1. The first kappa shape index (κ1) is 52.9. The molecule has 3 heterocycles. The number of rotatable bonds is 25. The van der Waals surface area contributed by atoms with E-state index in [1.807, 2.05) is 19.9 Å². The first-order valence-corrected chi connectivity index (χ1v) is 23.8. The van der Waals surface area contributed by atoms with Crippen molar-refractivity contribution in [1.82, 2.24) is 30.2 Å². The summed E-state index contributed by atoms with van der Waals surface area (Å²) in [6.07, 6.45) is -3.44. The molecule has 2 amide bonds. The number of imidazole rings is 1. The van der Waals surface area contributed by atoms with Gasteiger partial charge in [-0.15, -0.1) is 0 Å².